The van der Waals surface area contributed by atoms with Crippen LogP contribution in [-0.2, 0) is 43.0 Å². The van der Waals surface area contributed by atoms with Gasteiger partial charge in [-0.2, -0.15) is 24.4 Å². The molecule has 0 aliphatic rings. The number of rotatable bonds is 60. The Morgan fingerprint density at radius 3 is 1.09 bits per heavy atom. The number of nitrogens with one attached hydrogen (secondary N) is 4. The number of esters is 2. The fourth-order valence-electron chi connectivity index (χ4n) is 9.65. The van der Waals surface area contributed by atoms with Gasteiger partial charge in [0.2, 0.25) is 23.6 Å². The van der Waals surface area contributed by atoms with Crippen LogP contribution in [0, 0.1) is 0 Å². The molecule has 0 aromatic heterocycles. The second-order valence-electron chi connectivity index (χ2n) is 22.5. The predicted molar refractivity (Wildman–Crippen MR) is 332 cm³/mol. The molecule has 0 heterocycles. The van der Waals surface area contributed by atoms with E-state index in [-0.39, 0.29) is 55.0 Å². The monoisotopic (exact) mass is 1190 g/mol. The Bertz CT molecular complexity index is 1580. The third kappa shape index (κ3) is 47.9. The Labute approximate surface area is 501 Å². The zero-order valence-corrected chi connectivity index (χ0v) is 52.9. The smallest absolute Gasteiger partial charge is 0.328 e. The number of carboxylic acids is 1. The lowest BCUT2D eigenvalue weighted by Crippen LogP contribution is -2.59. The summed E-state index contributed by atoms with van der Waals surface area (Å²) >= 11 is 5.47. The number of hydrogen-bond donors (Lipinski definition) is 8. The van der Waals surface area contributed by atoms with Gasteiger partial charge in [-0.15, -0.1) is 0 Å². The highest BCUT2D eigenvalue weighted by Crippen LogP contribution is 2.18. The van der Waals surface area contributed by atoms with E-state index in [0.29, 0.717) is 19.3 Å². The lowest BCUT2D eigenvalue weighted by atomic mass is 10.0. The summed E-state index contributed by atoms with van der Waals surface area (Å²) in [6.45, 7) is 4.69. The molecule has 0 saturated heterocycles. The zero-order valence-electron chi connectivity index (χ0n) is 51.2. The summed E-state index contributed by atoms with van der Waals surface area (Å²) in [4.78, 5) is 91.2. The molecule has 0 radical (unpaired) electrons. The first kappa shape index (κ1) is 77.9. The molecule has 0 aliphatic heterocycles. The lowest BCUT2D eigenvalue weighted by Gasteiger charge is -2.25. The van der Waals surface area contributed by atoms with Crippen LogP contribution < -0.4 is 21.3 Å². The van der Waals surface area contributed by atoms with Crippen LogP contribution in [0.3, 0.4) is 0 Å². The van der Waals surface area contributed by atoms with E-state index in [0.717, 1.165) is 64.2 Å². The van der Waals surface area contributed by atoms with Crippen LogP contribution in [0.1, 0.15) is 290 Å². The van der Waals surface area contributed by atoms with Crippen molar-refractivity contribution in [1.82, 2.24) is 21.3 Å². The molecule has 4 amide bonds. The van der Waals surface area contributed by atoms with Crippen molar-refractivity contribution >= 4 is 65.9 Å². The molecule has 0 saturated carbocycles. The molecular formula is C63H118N4O12S2. The van der Waals surface area contributed by atoms with Gasteiger partial charge in [0.25, 0.3) is 0 Å². The number of carbonyl (C=O) groups is 7. The van der Waals surface area contributed by atoms with Gasteiger partial charge in [-0.05, 0) is 19.3 Å². The summed E-state index contributed by atoms with van der Waals surface area (Å²) in [5, 5.41) is 38.2. The second-order valence-corrected chi connectivity index (χ2v) is 23.9. The number of amides is 4. The minimum atomic E-state index is -1.68. The number of thiol groups is 1. The number of hydrogen-bond acceptors (Lipinski definition) is 13. The number of carboxylic acid groups (broad SMARTS) is 1. The van der Waals surface area contributed by atoms with Gasteiger partial charge in [0, 0.05) is 36.5 Å². The average molecular weight is 1190 g/mol. The van der Waals surface area contributed by atoms with Crippen molar-refractivity contribution in [2.45, 2.75) is 321 Å². The molecule has 0 aromatic carbocycles. The van der Waals surface area contributed by atoms with Gasteiger partial charge in [-0.3, -0.25) is 28.8 Å². The van der Waals surface area contributed by atoms with Crippen LogP contribution in [0.25, 0.3) is 0 Å². The number of unbranched alkanes of at least 4 members (excludes halogenated alkanes) is 36. The van der Waals surface area contributed by atoms with E-state index in [1.807, 2.05) is 5.32 Å². The topological polar surface area (TPSA) is 247 Å². The maximum Gasteiger partial charge on any atom is 0.328 e. The first-order valence-electron chi connectivity index (χ1n) is 32.6. The fourth-order valence-corrected chi connectivity index (χ4v) is 10.9. The molecule has 0 spiro atoms. The van der Waals surface area contributed by atoms with E-state index in [2.05, 4.69) is 49.4 Å². The van der Waals surface area contributed by atoms with Crippen molar-refractivity contribution in [3.8, 4) is 0 Å². The third-order valence-electron chi connectivity index (χ3n) is 14.9. The standard InChI is InChI=1S/C63H118N4O12S2/c1-4-7-10-13-16-19-22-25-28-31-34-37-40-43-57(70)64-56(62(75)67-55(49-80)61(74)65-53(46-68)60(73)66-54(47-69)63(76)77)51-81-50-52(79-59(72)45-42-39-36-33-30-27-24-21-18-15-12-9-6-3)48-78-58(71)44-41-38-35-32-29-26-23-20-17-14-11-8-5-2/h52-56,68-69,80H,4-51H2,1-3H3,(H,64,70)(H,65,74)(H,66,73)(H,67,75)(H,76,77)/t52?,53-,54-,55-,56-/m0/s1. The normalized spacial score (nSPS) is 13.2. The molecule has 0 aromatic rings. The van der Waals surface area contributed by atoms with E-state index in [1.54, 1.807) is 0 Å². The molecular weight excluding hydrogens is 1070 g/mol. The Morgan fingerprint density at radius 1 is 0.395 bits per heavy atom. The highest BCUT2D eigenvalue weighted by molar-refractivity contribution is 7.99. The SMILES string of the molecule is CCCCCCCCCCCCCCCC(=O)N[C@@H](CSCC(COC(=O)CCCCCCCCCCCCCCC)OC(=O)CCCCCCCCCCCCCCC)C(=O)N[C@@H](CS)C(=O)N[C@@H](CO)C(=O)N[C@@H](CO)C(=O)O. The summed E-state index contributed by atoms with van der Waals surface area (Å²) in [6.07, 6.45) is 45.5. The number of aliphatic hydroxyl groups is 2. The highest BCUT2D eigenvalue weighted by Gasteiger charge is 2.31. The van der Waals surface area contributed by atoms with E-state index in [9.17, 15) is 48.9 Å². The van der Waals surface area contributed by atoms with Crippen LogP contribution in [0.2, 0.25) is 0 Å². The van der Waals surface area contributed by atoms with Crippen LogP contribution >= 0.6 is 24.4 Å². The van der Waals surface area contributed by atoms with E-state index in [1.165, 1.54) is 179 Å². The molecule has 5 atom stereocenters. The number of aliphatic carboxylic acids is 1. The lowest BCUT2D eigenvalue weighted by molar-refractivity contribution is -0.157. The highest BCUT2D eigenvalue weighted by atomic mass is 32.2. The molecule has 0 bridgehead atoms. The van der Waals surface area contributed by atoms with Crippen molar-refractivity contribution in [3.05, 3.63) is 0 Å². The van der Waals surface area contributed by atoms with E-state index < -0.39 is 73.1 Å². The van der Waals surface area contributed by atoms with E-state index >= 15 is 0 Å². The number of aliphatic hydroxyl groups excluding tert-OH is 2. The molecule has 7 N–H and O–H groups in total. The maximum atomic E-state index is 14.0. The minimum Gasteiger partial charge on any atom is -0.480 e. The third-order valence-corrected chi connectivity index (χ3v) is 16.4. The molecule has 0 fully saturated rings. The fraction of sp³-hybridized carbons (Fsp3) is 0.889. The van der Waals surface area contributed by atoms with Gasteiger partial charge >= 0.3 is 17.9 Å². The Balaban J connectivity index is 5.74. The molecule has 474 valence electrons. The predicted octanol–water partition coefficient (Wildman–Crippen LogP) is 12.6. The number of ether oxygens (including phenoxy) is 2. The quantitative estimate of drug-likeness (QED) is 0.0161. The minimum absolute atomic E-state index is 0.00366. The number of carbonyl (C=O) groups excluding carboxylic acids is 6. The average Bonchev–Trinajstić information content (AvgIpc) is 3.46. The van der Waals surface area contributed by atoms with Gasteiger partial charge in [-0.25, -0.2) is 4.79 Å². The van der Waals surface area contributed by atoms with Crippen LogP contribution in [0.4, 0.5) is 0 Å². The number of thioether (sulfide) groups is 1. The van der Waals surface area contributed by atoms with Crippen LogP contribution in [0.15, 0.2) is 0 Å². The Hall–Kier alpha value is -3.09. The summed E-state index contributed by atoms with van der Waals surface area (Å²) in [6, 6.07) is -5.82. The van der Waals surface area contributed by atoms with Crippen molar-refractivity contribution in [1.29, 1.82) is 0 Å². The Kier molecular flexibility index (Phi) is 55.2. The Morgan fingerprint density at radius 2 is 0.716 bits per heavy atom. The van der Waals surface area contributed by atoms with Gasteiger partial charge in [-0.1, -0.05) is 252 Å². The second kappa shape index (κ2) is 57.3. The van der Waals surface area contributed by atoms with Crippen molar-refractivity contribution in [2.75, 3.05) is 37.1 Å². The van der Waals surface area contributed by atoms with Gasteiger partial charge in [0.05, 0.1) is 13.2 Å². The summed E-state index contributed by atoms with van der Waals surface area (Å²) < 4.78 is 11.6. The van der Waals surface area contributed by atoms with Crippen molar-refractivity contribution in [3.63, 3.8) is 0 Å². The molecule has 18 heteroatoms. The van der Waals surface area contributed by atoms with Crippen molar-refractivity contribution in [2.24, 2.45) is 0 Å². The molecule has 0 aliphatic carbocycles. The van der Waals surface area contributed by atoms with Gasteiger partial charge in [0.15, 0.2) is 0 Å². The molecule has 16 nitrogen and oxygen atoms in total. The summed E-state index contributed by atoms with van der Waals surface area (Å²) in [7, 11) is 0. The van der Waals surface area contributed by atoms with Crippen molar-refractivity contribution < 1.29 is 58.4 Å². The molecule has 81 heavy (non-hydrogen) atoms. The maximum absolute atomic E-state index is 14.0. The van der Waals surface area contributed by atoms with E-state index in [4.69, 9.17) is 9.47 Å². The zero-order chi connectivity index (χ0) is 59.8. The first-order chi connectivity index (χ1) is 39.4. The summed E-state index contributed by atoms with van der Waals surface area (Å²) in [5.74, 6) is -5.48. The first-order valence-corrected chi connectivity index (χ1v) is 34.3. The van der Waals surface area contributed by atoms with Crippen LogP contribution in [0.5, 0.6) is 0 Å². The summed E-state index contributed by atoms with van der Waals surface area (Å²) in [5.41, 5.74) is 0. The molecule has 1 unspecified atom stereocenters. The van der Waals surface area contributed by atoms with Crippen LogP contribution in [-0.4, -0.2) is 124 Å². The van der Waals surface area contributed by atoms with Gasteiger partial charge in [0.1, 0.15) is 36.9 Å². The largest absolute Gasteiger partial charge is 0.480 e. The van der Waals surface area contributed by atoms with Gasteiger partial charge < -0.3 is 46.1 Å². The molecule has 0 rings (SSSR count).